The zero-order valence-corrected chi connectivity index (χ0v) is 18.0. The molecule has 0 saturated carbocycles. The van der Waals surface area contributed by atoms with E-state index in [0.29, 0.717) is 27.9 Å². The van der Waals surface area contributed by atoms with Gasteiger partial charge in [0.15, 0.2) is 5.11 Å². The molecule has 0 aliphatic carbocycles. The van der Waals surface area contributed by atoms with Gasteiger partial charge in [-0.05, 0) is 48.6 Å². The molecule has 1 fully saturated rings. The maximum Gasteiger partial charge on any atom is 0.270 e. The van der Waals surface area contributed by atoms with Gasteiger partial charge in [-0.3, -0.25) is 15.1 Å². The predicted molar refractivity (Wildman–Crippen MR) is 127 cm³/mol. The molecule has 9 heteroatoms. The third-order valence-electron chi connectivity index (χ3n) is 5.50. The Labute approximate surface area is 194 Å². The van der Waals surface area contributed by atoms with Crippen LogP contribution in [0.5, 0.6) is 5.75 Å². The average Bonchev–Trinajstić information content (AvgIpc) is 3.45. The van der Waals surface area contributed by atoms with Crippen molar-refractivity contribution in [3.8, 4) is 17.1 Å². The highest BCUT2D eigenvalue weighted by atomic mass is 32.1. The molecule has 8 nitrogen and oxygen atoms in total. The van der Waals surface area contributed by atoms with Gasteiger partial charge in [0.1, 0.15) is 23.3 Å². The number of nitrogens with one attached hydrogen (secondary N) is 1. The summed E-state index contributed by atoms with van der Waals surface area (Å²) in [6, 6.07) is 21.6. The molecule has 0 bridgehead atoms. The van der Waals surface area contributed by atoms with Gasteiger partial charge >= 0.3 is 0 Å². The van der Waals surface area contributed by atoms with Gasteiger partial charge in [0.05, 0.1) is 22.3 Å². The SMILES string of the molecule is O=[N+]([O-])c1cccc(-c2ccc([C@@H]3[C@@H](c4ccccn4)NC(=S)N3c3ccccc3O)o2)c1. The van der Waals surface area contributed by atoms with Crippen LogP contribution in [0, 0.1) is 10.1 Å². The molecule has 0 spiro atoms. The van der Waals surface area contributed by atoms with E-state index in [1.165, 1.54) is 12.1 Å². The van der Waals surface area contributed by atoms with Gasteiger partial charge in [0, 0.05) is 23.9 Å². The van der Waals surface area contributed by atoms with E-state index >= 15 is 0 Å². The fourth-order valence-corrected chi connectivity index (χ4v) is 4.35. The molecule has 0 amide bonds. The van der Waals surface area contributed by atoms with Crippen molar-refractivity contribution >= 4 is 28.7 Å². The molecule has 4 aromatic rings. The number of benzene rings is 2. The lowest BCUT2D eigenvalue weighted by atomic mass is 10.0. The van der Waals surface area contributed by atoms with Gasteiger partial charge in [-0.15, -0.1) is 0 Å². The Hall–Kier alpha value is -4.24. The predicted octanol–water partition coefficient (Wildman–Crippen LogP) is 5.13. The van der Waals surface area contributed by atoms with Gasteiger partial charge < -0.3 is 19.7 Å². The molecule has 164 valence electrons. The summed E-state index contributed by atoms with van der Waals surface area (Å²) >= 11 is 5.64. The molecule has 1 saturated heterocycles. The number of aromatic nitrogens is 1. The summed E-state index contributed by atoms with van der Waals surface area (Å²) in [6.07, 6.45) is 1.70. The van der Waals surface area contributed by atoms with Crippen LogP contribution in [0.3, 0.4) is 0 Å². The van der Waals surface area contributed by atoms with E-state index in [9.17, 15) is 15.2 Å². The van der Waals surface area contributed by atoms with Crippen molar-refractivity contribution in [1.29, 1.82) is 0 Å². The summed E-state index contributed by atoms with van der Waals surface area (Å²) < 4.78 is 6.21. The minimum atomic E-state index is -0.451. The summed E-state index contributed by atoms with van der Waals surface area (Å²) in [5, 5.41) is 25.4. The average molecular weight is 458 g/mol. The summed E-state index contributed by atoms with van der Waals surface area (Å²) in [6.45, 7) is 0. The van der Waals surface area contributed by atoms with Crippen LogP contribution in [0.15, 0.2) is 89.5 Å². The number of nitro groups is 1. The number of anilines is 1. The fourth-order valence-electron chi connectivity index (χ4n) is 4.01. The van der Waals surface area contributed by atoms with Crippen LogP contribution in [-0.4, -0.2) is 20.1 Å². The summed E-state index contributed by atoms with van der Waals surface area (Å²) in [5.41, 5.74) is 1.87. The number of furan rings is 1. The van der Waals surface area contributed by atoms with Gasteiger partial charge in [0.2, 0.25) is 0 Å². The van der Waals surface area contributed by atoms with Crippen LogP contribution in [0.25, 0.3) is 11.3 Å². The number of phenols is 1. The van der Waals surface area contributed by atoms with Crippen molar-refractivity contribution in [2.24, 2.45) is 0 Å². The number of nitro benzene ring substituents is 1. The van der Waals surface area contributed by atoms with Crippen LogP contribution < -0.4 is 10.2 Å². The summed E-state index contributed by atoms with van der Waals surface area (Å²) in [4.78, 5) is 17.0. The van der Waals surface area contributed by atoms with Crippen molar-refractivity contribution in [3.05, 3.63) is 107 Å². The number of nitrogens with zero attached hydrogens (tertiary/aromatic N) is 3. The van der Waals surface area contributed by atoms with E-state index in [4.69, 9.17) is 16.6 Å². The van der Waals surface area contributed by atoms with Crippen LogP contribution in [0.4, 0.5) is 11.4 Å². The zero-order valence-electron chi connectivity index (χ0n) is 17.2. The second-order valence-corrected chi connectivity index (χ2v) is 7.88. The molecule has 0 unspecified atom stereocenters. The molecule has 5 rings (SSSR count). The molecule has 2 N–H and O–H groups in total. The highest BCUT2D eigenvalue weighted by Gasteiger charge is 2.43. The van der Waals surface area contributed by atoms with Crippen LogP contribution in [0.1, 0.15) is 23.5 Å². The first-order valence-corrected chi connectivity index (χ1v) is 10.6. The van der Waals surface area contributed by atoms with E-state index in [2.05, 4.69) is 10.3 Å². The Bertz CT molecular complexity index is 1340. The quantitative estimate of drug-likeness (QED) is 0.241. The van der Waals surface area contributed by atoms with Gasteiger partial charge in [-0.1, -0.05) is 30.3 Å². The van der Waals surface area contributed by atoms with E-state index in [0.717, 1.165) is 5.69 Å². The molecular weight excluding hydrogens is 440 g/mol. The van der Waals surface area contributed by atoms with Crippen molar-refractivity contribution < 1.29 is 14.4 Å². The van der Waals surface area contributed by atoms with Crippen molar-refractivity contribution in [1.82, 2.24) is 10.3 Å². The van der Waals surface area contributed by atoms with Crippen LogP contribution in [0.2, 0.25) is 0 Å². The molecule has 1 aliphatic heterocycles. The Kier molecular flexibility index (Phi) is 5.23. The normalized spacial score (nSPS) is 17.7. The lowest BCUT2D eigenvalue weighted by Gasteiger charge is -2.26. The first kappa shape index (κ1) is 20.7. The molecule has 2 atom stereocenters. The van der Waals surface area contributed by atoms with Crippen molar-refractivity contribution in [3.63, 3.8) is 0 Å². The van der Waals surface area contributed by atoms with E-state index in [-0.39, 0.29) is 17.5 Å². The molecule has 0 radical (unpaired) electrons. The van der Waals surface area contributed by atoms with Crippen molar-refractivity contribution in [2.45, 2.75) is 12.1 Å². The number of phenolic OH excluding ortho intramolecular Hbond substituents is 1. The largest absolute Gasteiger partial charge is 0.506 e. The molecule has 3 heterocycles. The Morgan fingerprint density at radius 2 is 1.88 bits per heavy atom. The number of hydrogen-bond donors (Lipinski definition) is 2. The first-order valence-electron chi connectivity index (χ1n) is 10.2. The Balaban J connectivity index is 1.60. The minimum absolute atomic E-state index is 0.0173. The highest BCUT2D eigenvalue weighted by Crippen LogP contribution is 2.45. The number of rotatable bonds is 5. The van der Waals surface area contributed by atoms with Gasteiger partial charge in [-0.25, -0.2) is 0 Å². The molecular formula is C24H18N4O4S. The first-order chi connectivity index (χ1) is 16.0. The lowest BCUT2D eigenvalue weighted by molar-refractivity contribution is -0.384. The number of para-hydroxylation sites is 2. The van der Waals surface area contributed by atoms with Crippen LogP contribution in [-0.2, 0) is 0 Å². The number of pyridine rings is 1. The maximum atomic E-state index is 11.2. The monoisotopic (exact) mass is 458 g/mol. The Morgan fingerprint density at radius 1 is 1.06 bits per heavy atom. The van der Waals surface area contributed by atoms with Gasteiger partial charge in [-0.2, -0.15) is 0 Å². The van der Waals surface area contributed by atoms with E-state index in [1.54, 1.807) is 47.5 Å². The fraction of sp³-hybridized carbons (Fsp3) is 0.0833. The van der Waals surface area contributed by atoms with Crippen molar-refractivity contribution in [2.75, 3.05) is 4.90 Å². The van der Waals surface area contributed by atoms with E-state index < -0.39 is 11.0 Å². The third-order valence-corrected chi connectivity index (χ3v) is 5.81. The Morgan fingerprint density at radius 3 is 2.64 bits per heavy atom. The van der Waals surface area contributed by atoms with E-state index in [1.807, 2.05) is 30.3 Å². The smallest absolute Gasteiger partial charge is 0.270 e. The zero-order chi connectivity index (χ0) is 22.9. The standard InChI is InChI=1S/C24H18N4O4S/c29-19-10-2-1-9-18(19)27-23(22(26-24(27)33)17-8-3-4-13-25-17)21-12-11-20(32-21)15-6-5-7-16(14-15)28(30)31/h1-14,22-23,29H,(H,26,33)/t22-,23-/m1/s1. The summed E-state index contributed by atoms with van der Waals surface area (Å²) in [5.74, 6) is 1.14. The molecule has 33 heavy (non-hydrogen) atoms. The van der Waals surface area contributed by atoms with Gasteiger partial charge in [0.25, 0.3) is 5.69 Å². The minimum Gasteiger partial charge on any atom is -0.506 e. The second kappa shape index (κ2) is 8.36. The highest BCUT2D eigenvalue weighted by molar-refractivity contribution is 7.80. The number of hydrogen-bond acceptors (Lipinski definition) is 6. The van der Waals surface area contributed by atoms with Crippen LogP contribution >= 0.6 is 12.2 Å². The number of non-ortho nitro benzene ring substituents is 1. The maximum absolute atomic E-state index is 11.2. The third kappa shape index (κ3) is 3.79. The molecule has 2 aromatic carbocycles. The second-order valence-electron chi connectivity index (χ2n) is 7.49. The molecule has 2 aromatic heterocycles. The number of thiocarbonyl (C=S) groups is 1. The number of aromatic hydroxyl groups is 1. The lowest BCUT2D eigenvalue weighted by Crippen LogP contribution is -2.29. The topological polar surface area (TPSA) is 105 Å². The molecule has 1 aliphatic rings. The summed E-state index contributed by atoms with van der Waals surface area (Å²) in [7, 11) is 0.